The van der Waals surface area contributed by atoms with Gasteiger partial charge >= 0.3 is 0 Å². The van der Waals surface area contributed by atoms with Crippen LogP contribution in [0.4, 0.5) is 5.69 Å². The lowest BCUT2D eigenvalue weighted by molar-refractivity contribution is 0.0979. The average Bonchev–Trinajstić information content (AvgIpc) is 2.66. The van der Waals surface area contributed by atoms with Crippen LogP contribution in [0.25, 0.3) is 0 Å². The molecule has 6 nitrogen and oxygen atoms in total. The molecule has 1 aliphatic carbocycles. The summed E-state index contributed by atoms with van der Waals surface area (Å²) in [4.78, 5) is 27.9. The molecule has 0 heterocycles. The van der Waals surface area contributed by atoms with E-state index in [-0.39, 0.29) is 11.6 Å². The van der Waals surface area contributed by atoms with Crippen LogP contribution >= 0.6 is 0 Å². The van der Waals surface area contributed by atoms with E-state index < -0.39 is 0 Å². The van der Waals surface area contributed by atoms with Gasteiger partial charge in [-0.25, -0.2) is 0 Å². The maximum absolute atomic E-state index is 12.9. The molecule has 26 heavy (non-hydrogen) atoms. The lowest BCUT2D eigenvalue weighted by atomic mass is 9.83. The summed E-state index contributed by atoms with van der Waals surface area (Å²) >= 11 is 0. The number of benzene rings is 2. The lowest BCUT2D eigenvalue weighted by Gasteiger charge is -2.23. The van der Waals surface area contributed by atoms with Gasteiger partial charge in [-0.15, -0.1) is 0 Å². The Bertz CT molecular complexity index is 813. The predicted molar refractivity (Wildman–Crippen MR) is 103 cm³/mol. The molecule has 0 atom stereocenters. The number of nitrogens with two attached hydrogens (primary N) is 2. The van der Waals surface area contributed by atoms with E-state index in [1.807, 2.05) is 6.07 Å². The number of fused-ring (bicyclic) bond motifs is 2. The first-order chi connectivity index (χ1) is 12.7. The quantitative estimate of drug-likeness (QED) is 0.561. The zero-order valence-electron chi connectivity index (χ0n) is 14.7. The Balaban J connectivity index is 1.81. The maximum Gasteiger partial charge on any atom is 0.196 e. The van der Waals surface area contributed by atoms with Crippen LogP contribution in [0.15, 0.2) is 42.5 Å². The zero-order chi connectivity index (χ0) is 18.5. The van der Waals surface area contributed by atoms with Crippen molar-refractivity contribution in [3.05, 3.63) is 64.7 Å². The Kier molecular flexibility index (Phi) is 5.78. The minimum Gasteiger partial charge on any atom is -0.383 e. The topological polar surface area (TPSA) is 101 Å². The summed E-state index contributed by atoms with van der Waals surface area (Å²) in [6.07, 6.45) is 0. The lowest BCUT2D eigenvalue weighted by Crippen LogP contribution is -2.37. The molecule has 0 fully saturated rings. The summed E-state index contributed by atoms with van der Waals surface area (Å²) in [6, 6.07) is 12.3. The molecule has 2 aromatic carbocycles. The second-order valence-corrected chi connectivity index (χ2v) is 6.28. The van der Waals surface area contributed by atoms with Crippen LogP contribution < -0.4 is 16.8 Å². The van der Waals surface area contributed by atoms with Gasteiger partial charge in [0.25, 0.3) is 0 Å². The Morgan fingerprint density at radius 3 is 2.04 bits per heavy atom. The number of nitrogens with zero attached hydrogens (tertiary/aromatic N) is 1. The minimum absolute atomic E-state index is 0.105. The van der Waals surface area contributed by atoms with Gasteiger partial charge in [-0.05, 0) is 6.07 Å². The summed E-state index contributed by atoms with van der Waals surface area (Å²) in [5, 5.41) is 3.31. The number of ketones is 2. The van der Waals surface area contributed by atoms with Gasteiger partial charge in [0, 0.05) is 61.6 Å². The molecule has 6 heteroatoms. The monoisotopic (exact) mass is 352 g/mol. The summed E-state index contributed by atoms with van der Waals surface area (Å²) < 4.78 is 0. The Morgan fingerprint density at radius 1 is 0.769 bits per heavy atom. The van der Waals surface area contributed by atoms with Gasteiger partial charge in [-0.3, -0.25) is 14.5 Å². The van der Waals surface area contributed by atoms with Crippen molar-refractivity contribution in [2.45, 2.75) is 0 Å². The van der Waals surface area contributed by atoms with Gasteiger partial charge in [0.2, 0.25) is 0 Å². The Labute approximate surface area is 153 Å². The third kappa shape index (κ3) is 3.53. The van der Waals surface area contributed by atoms with Crippen molar-refractivity contribution in [1.29, 1.82) is 0 Å². The van der Waals surface area contributed by atoms with E-state index in [1.54, 1.807) is 36.4 Å². The molecule has 0 spiro atoms. The largest absolute Gasteiger partial charge is 0.383 e. The van der Waals surface area contributed by atoms with Crippen molar-refractivity contribution >= 4 is 17.3 Å². The second-order valence-electron chi connectivity index (χ2n) is 6.28. The molecule has 5 N–H and O–H groups in total. The van der Waals surface area contributed by atoms with E-state index in [4.69, 9.17) is 11.5 Å². The number of rotatable bonds is 8. The van der Waals surface area contributed by atoms with Crippen molar-refractivity contribution in [1.82, 2.24) is 4.90 Å². The molecule has 0 aliphatic heterocycles. The van der Waals surface area contributed by atoms with Gasteiger partial charge in [-0.2, -0.15) is 0 Å². The second kappa shape index (κ2) is 8.23. The van der Waals surface area contributed by atoms with Crippen molar-refractivity contribution < 1.29 is 9.59 Å². The molecular weight excluding hydrogens is 328 g/mol. The highest BCUT2D eigenvalue weighted by Crippen LogP contribution is 2.31. The molecular formula is C20H24N4O2. The molecule has 0 bridgehead atoms. The Morgan fingerprint density at radius 2 is 1.38 bits per heavy atom. The van der Waals surface area contributed by atoms with Gasteiger partial charge < -0.3 is 16.8 Å². The third-order valence-corrected chi connectivity index (χ3v) is 4.59. The predicted octanol–water partition coefficient (Wildman–Crippen LogP) is 1.09. The fourth-order valence-electron chi connectivity index (χ4n) is 3.34. The molecule has 0 saturated carbocycles. The van der Waals surface area contributed by atoms with Crippen molar-refractivity contribution in [2.24, 2.45) is 11.5 Å². The molecule has 0 radical (unpaired) electrons. The van der Waals surface area contributed by atoms with Gasteiger partial charge in [0.05, 0.1) is 5.56 Å². The first-order valence-electron chi connectivity index (χ1n) is 8.85. The fourth-order valence-corrected chi connectivity index (χ4v) is 3.34. The van der Waals surface area contributed by atoms with E-state index in [2.05, 4.69) is 10.2 Å². The normalized spacial score (nSPS) is 12.9. The standard InChI is InChI=1S/C20H24N4O2/c21-8-11-24(12-9-22)13-10-23-17-7-3-6-16-18(17)20(26)15-5-2-1-4-14(15)19(16)25/h1-7,23H,8-13,21-22H2. The fraction of sp³-hybridized carbons (Fsp3) is 0.300. The minimum atomic E-state index is -0.112. The smallest absolute Gasteiger partial charge is 0.196 e. The van der Waals surface area contributed by atoms with Crippen LogP contribution in [-0.4, -0.2) is 55.7 Å². The first kappa shape index (κ1) is 18.3. The van der Waals surface area contributed by atoms with Crippen molar-refractivity contribution in [3.8, 4) is 0 Å². The van der Waals surface area contributed by atoms with Crippen molar-refractivity contribution in [2.75, 3.05) is 44.6 Å². The number of anilines is 1. The van der Waals surface area contributed by atoms with E-state index >= 15 is 0 Å². The molecule has 1 aliphatic rings. The maximum atomic E-state index is 12.9. The van der Waals surface area contributed by atoms with Crippen LogP contribution in [-0.2, 0) is 0 Å². The van der Waals surface area contributed by atoms with Crippen LogP contribution in [0.2, 0.25) is 0 Å². The number of carbonyl (C=O) groups is 2. The highest BCUT2D eigenvalue weighted by atomic mass is 16.1. The van der Waals surface area contributed by atoms with Crippen LogP contribution in [0.1, 0.15) is 31.8 Å². The van der Waals surface area contributed by atoms with Crippen LogP contribution in [0.5, 0.6) is 0 Å². The molecule has 3 rings (SSSR count). The van der Waals surface area contributed by atoms with E-state index in [1.165, 1.54) is 0 Å². The van der Waals surface area contributed by atoms with E-state index in [9.17, 15) is 9.59 Å². The van der Waals surface area contributed by atoms with Crippen LogP contribution in [0, 0.1) is 0 Å². The SMILES string of the molecule is NCCN(CCN)CCNc1cccc2c1C(=O)c1ccccc1C2=O. The highest BCUT2D eigenvalue weighted by Gasteiger charge is 2.31. The summed E-state index contributed by atoms with van der Waals surface area (Å²) in [5.74, 6) is -0.217. The zero-order valence-corrected chi connectivity index (χ0v) is 14.7. The molecule has 0 saturated heterocycles. The van der Waals surface area contributed by atoms with Gasteiger partial charge in [-0.1, -0.05) is 36.4 Å². The average molecular weight is 352 g/mol. The number of carbonyl (C=O) groups excluding carboxylic acids is 2. The van der Waals surface area contributed by atoms with Crippen molar-refractivity contribution in [3.63, 3.8) is 0 Å². The molecule has 0 unspecified atom stereocenters. The Hall–Kier alpha value is -2.54. The molecule has 2 aromatic rings. The number of hydrogen-bond acceptors (Lipinski definition) is 6. The first-order valence-corrected chi connectivity index (χ1v) is 8.85. The molecule has 136 valence electrons. The van der Waals surface area contributed by atoms with Gasteiger partial charge in [0.1, 0.15) is 0 Å². The summed E-state index contributed by atoms with van der Waals surface area (Å²) in [6.45, 7) is 4.10. The number of hydrogen-bond donors (Lipinski definition) is 3. The van der Waals surface area contributed by atoms with E-state index in [0.717, 1.165) is 19.6 Å². The van der Waals surface area contributed by atoms with Gasteiger partial charge in [0.15, 0.2) is 11.6 Å². The highest BCUT2D eigenvalue weighted by molar-refractivity contribution is 6.30. The summed E-state index contributed by atoms with van der Waals surface area (Å²) in [5.41, 5.74) is 13.8. The molecule has 0 amide bonds. The number of nitrogens with one attached hydrogen (secondary N) is 1. The third-order valence-electron chi connectivity index (χ3n) is 4.59. The summed E-state index contributed by atoms with van der Waals surface area (Å²) in [7, 11) is 0. The molecule has 0 aromatic heterocycles. The van der Waals surface area contributed by atoms with Crippen LogP contribution in [0.3, 0.4) is 0 Å². The van der Waals surface area contributed by atoms with E-state index in [0.29, 0.717) is 47.6 Å².